The van der Waals surface area contributed by atoms with E-state index < -0.39 is 11.2 Å². The van der Waals surface area contributed by atoms with Gasteiger partial charge in [-0.05, 0) is 6.92 Å². The van der Waals surface area contributed by atoms with Crippen molar-refractivity contribution in [3.05, 3.63) is 27.2 Å². The number of imidazole rings is 1. The van der Waals surface area contributed by atoms with Crippen molar-refractivity contribution >= 4 is 16.9 Å². The number of fused-ring (bicyclic) bond motifs is 1. The van der Waals surface area contributed by atoms with Crippen LogP contribution < -0.4 is 11.2 Å². The number of aromatic amines is 2. The minimum atomic E-state index is -0.611. The van der Waals surface area contributed by atoms with Crippen molar-refractivity contribution in [1.29, 1.82) is 0 Å². The van der Waals surface area contributed by atoms with E-state index in [0.717, 1.165) is 0 Å². The predicted molar refractivity (Wildman–Crippen MR) is 51.7 cm³/mol. The number of aromatic nitrogens is 4. The molecule has 78 valence electrons. The maximum atomic E-state index is 11.4. The van der Waals surface area contributed by atoms with Gasteiger partial charge in [-0.2, -0.15) is 0 Å². The first-order valence-electron chi connectivity index (χ1n) is 4.25. The zero-order valence-electron chi connectivity index (χ0n) is 7.90. The molecule has 2 aromatic heterocycles. The molecule has 0 bridgehead atoms. The van der Waals surface area contributed by atoms with Crippen LogP contribution in [0.25, 0.3) is 11.2 Å². The smallest absolute Gasteiger partial charge is 0.317 e. The Labute approximate surface area is 82.8 Å². The summed E-state index contributed by atoms with van der Waals surface area (Å²) in [4.78, 5) is 41.5. The lowest BCUT2D eigenvalue weighted by Gasteiger charge is -1.97. The Balaban J connectivity index is 2.74. The molecule has 15 heavy (non-hydrogen) atoms. The highest BCUT2D eigenvalue weighted by Gasteiger charge is 2.08. The molecule has 2 aromatic rings. The van der Waals surface area contributed by atoms with Crippen molar-refractivity contribution in [1.82, 2.24) is 19.5 Å². The van der Waals surface area contributed by atoms with Crippen LogP contribution in [0.5, 0.6) is 0 Å². The van der Waals surface area contributed by atoms with Crippen LogP contribution in [0.3, 0.4) is 0 Å². The second kappa shape index (κ2) is 3.19. The molecule has 0 radical (unpaired) electrons. The van der Waals surface area contributed by atoms with E-state index in [2.05, 4.69) is 15.0 Å². The van der Waals surface area contributed by atoms with Crippen LogP contribution >= 0.6 is 0 Å². The Bertz CT molecular complexity index is 633. The van der Waals surface area contributed by atoms with E-state index in [1.54, 1.807) is 0 Å². The first kappa shape index (κ1) is 9.38. The molecule has 0 aliphatic carbocycles. The average Bonchev–Trinajstić information content (AvgIpc) is 2.46. The molecule has 0 aromatic carbocycles. The quantitative estimate of drug-likeness (QED) is 0.661. The molecular formula is C8H8N4O3. The van der Waals surface area contributed by atoms with E-state index in [9.17, 15) is 14.4 Å². The van der Waals surface area contributed by atoms with Crippen molar-refractivity contribution < 1.29 is 4.79 Å². The van der Waals surface area contributed by atoms with Gasteiger partial charge in [0, 0.05) is 0 Å². The molecule has 0 aliphatic rings. The number of nitrogens with one attached hydrogen (secondary N) is 2. The molecular weight excluding hydrogens is 200 g/mol. The zero-order valence-corrected chi connectivity index (χ0v) is 7.90. The molecule has 7 heteroatoms. The van der Waals surface area contributed by atoms with Crippen LogP contribution in [0.1, 0.15) is 6.92 Å². The summed E-state index contributed by atoms with van der Waals surface area (Å²) in [5, 5.41) is 0. The lowest BCUT2D eigenvalue weighted by atomic mass is 10.4. The van der Waals surface area contributed by atoms with Gasteiger partial charge in [-0.3, -0.25) is 19.6 Å². The highest BCUT2D eigenvalue weighted by molar-refractivity contribution is 5.78. The van der Waals surface area contributed by atoms with Crippen LogP contribution in [0.4, 0.5) is 0 Å². The van der Waals surface area contributed by atoms with Gasteiger partial charge in [-0.1, -0.05) is 0 Å². The number of nitrogens with zero attached hydrogens (tertiary/aromatic N) is 2. The standard InChI is InChI=1S/C8H8N4O3/c1-4(13)2-12-3-9-6-5(12)7(14)11-8(15)10-6/h3H,2H2,1H3,(H2,10,11,14,15). The number of Topliss-reactive ketones (excluding diaryl/α,β-unsaturated/α-hetero) is 1. The molecule has 0 saturated heterocycles. The number of carbonyl (C=O) groups is 1. The van der Waals surface area contributed by atoms with E-state index >= 15 is 0 Å². The maximum absolute atomic E-state index is 11.4. The Morgan fingerprint density at radius 2 is 2.20 bits per heavy atom. The Morgan fingerprint density at radius 3 is 2.87 bits per heavy atom. The molecule has 2 rings (SSSR count). The van der Waals surface area contributed by atoms with Gasteiger partial charge in [0.05, 0.1) is 12.9 Å². The molecule has 0 aliphatic heterocycles. The van der Waals surface area contributed by atoms with Crippen molar-refractivity contribution in [2.45, 2.75) is 13.5 Å². The van der Waals surface area contributed by atoms with Gasteiger partial charge < -0.3 is 4.57 Å². The molecule has 2 heterocycles. The molecule has 7 nitrogen and oxygen atoms in total. The predicted octanol–water partition coefficient (Wildman–Crippen LogP) is -0.998. The number of ketones is 1. The summed E-state index contributed by atoms with van der Waals surface area (Å²) in [5.41, 5.74) is -0.775. The lowest BCUT2D eigenvalue weighted by molar-refractivity contribution is -0.117. The first-order valence-corrected chi connectivity index (χ1v) is 4.25. The monoisotopic (exact) mass is 208 g/mol. The number of carbonyl (C=O) groups excluding carboxylic acids is 1. The summed E-state index contributed by atoms with van der Waals surface area (Å²) >= 11 is 0. The Hall–Kier alpha value is -2.18. The Morgan fingerprint density at radius 1 is 1.47 bits per heavy atom. The van der Waals surface area contributed by atoms with Crippen LogP contribution in [0.2, 0.25) is 0 Å². The largest absolute Gasteiger partial charge is 0.327 e. The van der Waals surface area contributed by atoms with Gasteiger partial charge >= 0.3 is 5.69 Å². The maximum Gasteiger partial charge on any atom is 0.327 e. The van der Waals surface area contributed by atoms with Crippen molar-refractivity contribution in [3.63, 3.8) is 0 Å². The van der Waals surface area contributed by atoms with Crippen molar-refractivity contribution in [3.8, 4) is 0 Å². The van der Waals surface area contributed by atoms with Crippen molar-refractivity contribution in [2.24, 2.45) is 0 Å². The average molecular weight is 208 g/mol. The fraction of sp³-hybridized carbons (Fsp3) is 0.250. The molecule has 2 N–H and O–H groups in total. The number of H-pyrrole nitrogens is 2. The third-order valence-corrected chi connectivity index (χ3v) is 1.90. The van der Waals surface area contributed by atoms with Crippen LogP contribution in [-0.4, -0.2) is 25.3 Å². The third-order valence-electron chi connectivity index (χ3n) is 1.90. The fourth-order valence-electron chi connectivity index (χ4n) is 1.37. The van der Waals surface area contributed by atoms with E-state index in [1.807, 2.05) is 0 Å². The van der Waals surface area contributed by atoms with Crippen molar-refractivity contribution in [2.75, 3.05) is 0 Å². The highest BCUT2D eigenvalue weighted by Crippen LogP contribution is 2.01. The summed E-state index contributed by atoms with van der Waals surface area (Å²) in [7, 11) is 0. The van der Waals surface area contributed by atoms with Gasteiger partial charge in [0.15, 0.2) is 11.2 Å². The minimum Gasteiger partial charge on any atom is -0.317 e. The SMILES string of the molecule is CC(=O)Cn1cnc2[nH]c(=O)[nH]c(=O)c21. The van der Waals surface area contributed by atoms with Crippen LogP contribution in [-0.2, 0) is 11.3 Å². The lowest BCUT2D eigenvalue weighted by Crippen LogP contribution is -2.23. The highest BCUT2D eigenvalue weighted by atomic mass is 16.2. The third kappa shape index (κ3) is 1.58. The summed E-state index contributed by atoms with van der Waals surface area (Å²) in [6, 6.07) is 0. The normalized spacial score (nSPS) is 10.7. The van der Waals surface area contributed by atoms with E-state index in [1.165, 1.54) is 17.8 Å². The molecule has 0 amide bonds. The summed E-state index contributed by atoms with van der Waals surface area (Å²) in [6.45, 7) is 1.47. The zero-order chi connectivity index (χ0) is 11.0. The van der Waals surface area contributed by atoms with Gasteiger partial charge in [0.1, 0.15) is 5.78 Å². The second-order valence-electron chi connectivity index (χ2n) is 3.18. The molecule has 0 unspecified atom stereocenters. The van der Waals surface area contributed by atoms with E-state index in [4.69, 9.17) is 0 Å². The number of rotatable bonds is 2. The fourth-order valence-corrected chi connectivity index (χ4v) is 1.37. The first-order chi connectivity index (χ1) is 7.08. The van der Waals surface area contributed by atoms with E-state index in [-0.39, 0.29) is 23.5 Å². The summed E-state index contributed by atoms with van der Waals surface area (Å²) in [5.74, 6) is -0.0973. The molecule has 0 fully saturated rings. The van der Waals surface area contributed by atoms with Gasteiger partial charge in [0.2, 0.25) is 0 Å². The summed E-state index contributed by atoms with van der Waals surface area (Å²) in [6.07, 6.45) is 1.34. The van der Waals surface area contributed by atoms with E-state index in [0.29, 0.717) is 0 Å². The molecule has 0 spiro atoms. The minimum absolute atomic E-state index is 0.0611. The topological polar surface area (TPSA) is 101 Å². The number of hydrogen-bond acceptors (Lipinski definition) is 4. The summed E-state index contributed by atoms with van der Waals surface area (Å²) < 4.78 is 1.40. The van der Waals surface area contributed by atoms with Crippen LogP contribution in [0.15, 0.2) is 15.9 Å². The van der Waals surface area contributed by atoms with Gasteiger partial charge in [-0.15, -0.1) is 0 Å². The van der Waals surface area contributed by atoms with Crippen LogP contribution in [0, 0.1) is 0 Å². The van der Waals surface area contributed by atoms with Gasteiger partial charge in [0.25, 0.3) is 5.56 Å². The van der Waals surface area contributed by atoms with Gasteiger partial charge in [-0.25, -0.2) is 9.78 Å². The number of hydrogen-bond donors (Lipinski definition) is 2. The second-order valence-corrected chi connectivity index (χ2v) is 3.18. The Kier molecular flexibility index (Phi) is 2.00. The molecule has 0 saturated carbocycles. The molecule has 0 atom stereocenters.